The van der Waals surface area contributed by atoms with Gasteiger partial charge in [-0.25, -0.2) is 9.78 Å². The highest BCUT2D eigenvalue weighted by molar-refractivity contribution is 5.74. The van der Waals surface area contributed by atoms with Crippen LogP contribution in [0.3, 0.4) is 0 Å². The molecule has 0 radical (unpaired) electrons. The van der Waals surface area contributed by atoms with Crippen molar-refractivity contribution in [3.63, 3.8) is 0 Å². The van der Waals surface area contributed by atoms with Crippen LogP contribution in [0.15, 0.2) is 12.4 Å². The smallest absolute Gasteiger partial charge is 0.317 e. The molecule has 1 aromatic rings. The largest absolute Gasteiger partial charge is 0.381 e. The number of carbonyl (C=O) groups excluding carboxylic acids is 1. The van der Waals surface area contributed by atoms with Gasteiger partial charge in [-0.2, -0.15) is 0 Å². The summed E-state index contributed by atoms with van der Waals surface area (Å²) in [5.74, 6) is 0.843. The monoisotopic (exact) mass is 308 g/mol. The van der Waals surface area contributed by atoms with Crippen molar-refractivity contribution in [3.8, 4) is 0 Å². The molecular formula is C15H24N4O3. The second-order valence-electron chi connectivity index (χ2n) is 6.22. The summed E-state index contributed by atoms with van der Waals surface area (Å²) in [6.07, 6.45) is 5.34. The summed E-state index contributed by atoms with van der Waals surface area (Å²) in [5, 5.41) is 2.96. The first-order valence-corrected chi connectivity index (χ1v) is 7.82. The molecule has 0 aromatic carbocycles. The molecule has 2 fully saturated rings. The highest BCUT2D eigenvalue weighted by atomic mass is 16.5. The second-order valence-corrected chi connectivity index (χ2v) is 6.22. The van der Waals surface area contributed by atoms with Gasteiger partial charge < -0.3 is 24.3 Å². The van der Waals surface area contributed by atoms with E-state index in [-0.39, 0.29) is 17.7 Å². The number of hydrogen-bond donors (Lipinski definition) is 1. The van der Waals surface area contributed by atoms with E-state index >= 15 is 0 Å². The number of aryl methyl sites for hydroxylation is 1. The molecule has 7 nitrogen and oxygen atoms in total. The molecule has 1 N–H and O–H groups in total. The van der Waals surface area contributed by atoms with Crippen molar-refractivity contribution in [3.05, 3.63) is 18.2 Å². The average Bonchev–Trinajstić information content (AvgIpc) is 2.90. The maximum absolute atomic E-state index is 12.5. The number of aromatic nitrogens is 2. The summed E-state index contributed by atoms with van der Waals surface area (Å²) in [6.45, 7) is 5.12. The standard InChI is InChI=1S/C15H24N4O3/c1-12-10-19(11-15(22-12)3-7-21-8-4-15)14(20)17-9-13-16-5-6-18(13)2/h5-6,12H,3-4,7-11H2,1-2H3,(H,17,20). The van der Waals surface area contributed by atoms with Gasteiger partial charge in [0.1, 0.15) is 5.82 Å². The Kier molecular flexibility index (Phi) is 4.35. The zero-order chi connectivity index (χ0) is 15.6. The van der Waals surface area contributed by atoms with Gasteiger partial charge in [-0.3, -0.25) is 0 Å². The number of hydrogen-bond acceptors (Lipinski definition) is 4. The van der Waals surface area contributed by atoms with E-state index < -0.39 is 0 Å². The Morgan fingerprint density at radius 3 is 2.95 bits per heavy atom. The van der Waals surface area contributed by atoms with Gasteiger partial charge in [0.15, 0.2) is 0 Å². The lowest BCUT2D eigenvalue weighted by Gasteiger charge is -2.47. The fourth-order valence-corrected chi connectivity index (χ4v) is 3.23. The molecule has 7 heteroatoms. The first kappa shape index (κ1) is 15.3. The quantitative estimate of drug-likeness (QED) is 0.881. The van der Waals surface area contributed by atoms with Crippen LogP contribution in [0.25, 0.3) is 0 Å². The van der Waals surface area contributed by atoms with Crippen LogP contribution in [0.4, 0.5) is 4.79 Å². The Hall–Kier alpha value is -1.60. The third-order valence-corrected chi connectivity index (χ3v) is 4.42. The molecule has 2 amide bonds. The van der Waals surface area contributed by atoms with Crippen LogP contribution >= 0.6 is 0 Å². The fourth-order valence-electron chi connectivity index (χ4n) is 3.23. The van der Waals surface area contributed by atoms with Crippen molar-refractivity contribution in [2.45, 2.75) is 38.0 Å². The first-order chi connectivity index (χ1) is 10.6. The van der Waals surface area contributed by atoms with Gasteiger partial charge in [-0.1, -0.05) is 0 Å². The minimum absolute atomic E-state index is 0.0470. The number of amides is 2. The Morgan fingerprint density at radius 2 is 2.27 bits per heavy atom. The molecule has 3 rings (SSSR count). The summed E-state index contributed by atoms with van der Waals surface area (Å²) < 4.78 is 13.5. The van der Waals surface area contributed by atoms with E-state index in [2.05, 4.69) is 10.3 Å². The zero-order valence-electron chi connectivity index (χ0n) is 13.2. The van der Waals surface area contributed by atoms with Crippen molar-refractivity contribution in [1.82, 2.24) is 19.8 Å². The number of rotatable bonds is 2. The minimum Gasteiger partial charge on any atom is -0.381 e. The summed E-state index contributed by atoms with van der Waals surface area (Å²) in [4.78, 5) is 18.6. The molecule has 1 aromatic heterocycles. The number of nitrogens with zero attached hydrogens (tertiary/aromatic N) is 3. The molecule has 2 saturated heterocycles. The topological polar surface area (TPSA) is 68.6 Å². The van der Waals surface area contributed by atoms with Crippen LogP contribution in [0, 0.1) is 0 Å². The third kappa shape index (κ3) is 3.25. The molecule has 1 atom stereocenters. The molecule has 0 bridgehead atoms. The third-order valence-electron chi connectivity index (χ3n) is 4.42. The lowest BCUT2D eigenvalue weighted by Crippen LogP contribution is -2.60. The maximum atomic E-state index is 12.5. The Bertz CT molecular complexity index is 525. The van der Waals surface area contributed by atoms with Crippen LogP contribution in [0.5, 0.6) is 0 Å². The van der Waals surface area contributed by atoms with Gasteiger partial charge in [0.2, 0.25) is 0 Å². The van der Waals surface area contributed by atoms with Gasteiger partial charge in [-0.15, -0.1) is 0 Å². The number of imidazole rings is 1. The van der Waals surface area contributed by atoms with Gasteiger partial charge in [0.05, 0.1) is 24.8 Å². The minimum atomic E-state index is -0.240. The van der Waals surface area contributed by atoms with Crippen molar-refractivity contribution < 1.29 is 14.3 Å². The highest BCUT2D eigenvalue weighted by Crippen LogP contribution is 2.31. The van der Waals surface area contributed by atoms with Crippen molar-refractivity contribution in [2.75, 3.05) is 26.3 Å². The Labute approximate surface area is 130 Å². The van der Waals surface area contributed by atoms with Crippen LogP contribution in [0.2, 0.25) is 0 Å². The molecule has 0 aliphatic carbocycles. The summed E-state index contributed by atoms with van der Waals surface area (Å²) in [6, 6.07) is -0.0518. The predicted octanol–water partition coefficient (Wildman–Crippen LogP) is 0.900. The zero-order valence-corrected chi connectivity index (χ0v) is 13.2. The molecule has 2 aliphatic rings. The first-order valence-electron chi connectivity index (χ1n) is 7.82. The van der Waals surface area contributed by atoms with Crippen LogP contribution in [-0.4, -0.2) is 58.5 Å². The average molecular weight is 308 g/mol. The number of morpholine rings is 1. The van der Waals surface area contributed by atoms with Gasteiger partial charge in [-0.05, 0) is 6.92 Å². The molecule has 1 unspecified atom stereocenters. The number of ether oxygens (including phenoxy) is 2. The lowest BCUT2D eigenvalue weighted by molar-refractivity contribution is -0.175. The van der Waals surface area contributed by atoms with E-state index in [0.29, 0.717) is 32.8 Å². The molecule has 22 heavy (non-hydrogen) atoms. The van der Waals surface area contributed by atoms with E-state index in [0.717, 1.165) is 18.7 Å². The highest BCUT2D eigenvalue weighted by Gasteiger charge is 2.42. The van der Waals surface area contributed by atoms with Gasteiger partial charge in [0, 0.05) is 52.0 Å². The van der Waals surface area contributed by atoms with Crippen LogP contribution in [-0.2, 0) is 23.1 Å². The van der Waals surface area contributed by atoms with Gasteiger partial charge >= 0.3 is 6.03 Å². The van der Waals surface area contributed by atoms with E-state index in [4.69, 9.17) is 9.47 Å². The van der Waals surface area contributed by atoms with E-state index in [9.17, 15) is 4.79 Å². The normalized spacial score (nSPS) is 24.5. The predicted molar refractivity (Wildman–Crippen MR) is 80.3 cm³/mol. The van der Waals surface area contributed by atoms with E-state index in [1.807, 2.05) is 29.6 Å². The number of nitrogens with one attached hydrogen (secondary N) is 1. The summed E-state index contributed by atoms with van der Waals surface area (Å²) in [5.41, 5.74) is -0.240. The van der Waals surface area contributed by atoms with E-state index in [1.54, 1.807) is 6.20 Å². The van der Waals surface area contributed by atoms with Crippen molar-refractivity contribution in [2.24, 2.45) is 7.05 Å². The van der Waals surface area contributed by atoms with Crippen molar-refractivity contribution >= 4 is 6.03 Å². The SMILES string of the molecule is CC1CN(C(=O)NCc2nccn2C)CC2(CCOCC2)O1. The Balaban J connectivity index is 1.60. The van der Waals surface area contributed by atoms with Crippen LogP contribution < -0.4 is 5.32 Å². The molecular weight excluding hydrogens is 284 g/mol. The van der Waals surface area contributed by atoms with E-state index in [1.165, 1.54) is 0 Å². The maximum Gasteiger partial charge on any atom is 0.317 e. The summed E-state index contributed by atoms with van der Waals surface area (Å²) >= 11 is 0. The molecule has 2 aliphatic heterocycles. The lowest BCUT2D eigenvalue weighted by atomic mass is 9.91. The summed E-state index contributed by atoms with van der Waals surface area (Å²) in [7, 11) is 1.92. The molecule has 1 spiro atoms. The second kappa shape index (κ2) is 6.26. The number of carbonyl (C=O) groups is 1. The number of urea groups is 1. The molecule has 3 heterocycles. The van der Waals surface area contributed by atoms with Crippen LogP contribution in [0.1, 0.15) is 25.6 Å². The fraction of sp³-hybridized carbons (Fsp3) is 0.733. The molecule has 0 saturated carbocycles. The Morgan fingerprint density at radius 1 is 1.50 bits per heavy atom. The molecule has 122 valence electrons. The van der Waals surface area contributed by atoms with Crippen molar-refractivity contribution in [1.29, 1.82) is 0 Å². The van der Waals surface area contributed by atoms with Gasteiger partial charge in [0.25, 0.3) is 0 Å².